The number of nitrogens with one attached hydrogen (secondary N) is 2. The van der Waals surface area contributed by atoms with E-state index in [2.05, 4.69) is 15.6 Å². The van der Waals surface area contributed by atoms with Crippen LogP contribution in [0.4, 0.5) is 15.2 Å². The predicted octanol–water partition coefficient (Wildman–Crippen LogP) is 4.65. The van der Waals surface area contributed by atoms with E-state index < -0.39 is 0 Å². The lowest BCUT2D eigenvalue weighted by molar-refractivity contribution is 0.0950. The van der Waals surface area contributed by atoms with Crippen molar-refractivity contribution in [3.63, 3.8) is 0 Å². The minimum atomic E-state index is -0.269. The van der Waals surface area contributed by atoms with Crippen molar-refractivity contribution in [2.75, 3.05) is 11.9 Å². The van der Waals surface area contributed by atoms with Crippen molar-refractivity contribution < 1.29 is 9.18 Å². The average Bonchev–Trinajstić information content (AvgIpc) is 3.05. The molecule has 3 rings (SSSR count). The zero-order chi connectivity index (χ0) is 17.6. The minimum Gasteiger partial charge on any atom is -0.350 e. The molecule has 0 aliphatic rings. The highest BCUT2D eigenvalue weighted by Crippen LogP contribution is 2.23. The first-order valence-electron chi connectivity index (χ1n) is 7.61. The first-order valence-corrected chi connectivity index (χ1v) is 8.87. The van der Waals surface area contributed by atoms with Crippen LogP contribution in [0.5, 0.6) is 0 Å². The molecular formula is C18H15ClFN3OS. The number of hydrogen-bond acceptors (Lipinski definition) is 4. The standard InChI is InChI=1S/C18H15ClFN3OS/c19-13-2-1-3-15(10-13)22-18-23-16(11-25-18)17(24)21-9-8-12-4-6-14(20)7-5-12/h1-7,10-11H,8-9H2,(H,21,24)(H,22,23). The van der Waals surface area contributed by atoms with E-state index >= 15 is 0 Å². The van der Waals surface area contributed by atoms with Gasteiger partial charge in [-0.05, 0) is 42.3 Å². The van der Waals surface area contributed by atoms with Crippen LogP contribution in [0.1, 0.15) is 16.1 Å². The van der Waals surface area contributed by atoms with Gasteiger partial charge >= 0.3 is 0 Å². The molecule has 3 aromatic rings. The summed E-state index contributed by atoms with van der Waals surface area (Å²) in [7, 11) is 0. The molecule has 1 amide bonds. The number of nitrogens with zero attached hydrogens (tertiary/aromatic N) is 1. The van der Waals surface area contributed by atoms with Crippen LogP contribution in [0.3, 0.4) is 0 Å². The van der Waals surface area contributed by atoms with Crippen molar-refractivity contribution in [1.29, 1.82) is 0 Å². The maximum Gasteiger partial charge on any atom is 0.270 e. The van der Waals surface area contributed by atoms with Crippen LogP contribution in [0.15, 0.2) is 53.9 Å². The number of rotatable bonds is 6. The molecule has 4 nitrogen and oxygen atoms in total. The number of thiazole rings is 1. The second-order valence-corrected chi connectivity index (χ2v) is 6.60. The summed E-state index contributed by atoms with van der Waals surface area (Å²) in [6, 6.07) is 13.5. The quantitative estimate of drug-likeness (QED) is 0.659. The van der Waals surface area contributed by atoms with Crippen LogP contribution >= 0.6 is 22.9 Å². The Bertz CT molecular complexity index is 867. The van der Waals surface area contributed by atoms with Crippen molar-refractivity contribution in [1.82, 2.24) is 10.3 Å². The molecular weight excluding hydrogens is 361 g/mol. The number of benzene rings is 2. The van der Waals surface area contributed by atoms with E-state index in [1.807, 2.05) is 12.1 Å². The summed E-state index contributed by atoms with van der Waals surface area (Å²) in [5.74, 6) is -0.507. The molecule has 0 radical (unpaired) electrons. The largest absolute Gasteiger partial charge is 0.350 e. The molecule has 0 saturated carbocycles. The Morgan fingerprint density at radius 3 is 2.76 bits per heavy atom. The monoisotopic (exact) mass is 375 g/mol. The normalized spacial score (nSPS) is 10.5. The van der Waals surface area contributed by atoms with Crippen molar-refractivity contribution in [2.45, 2.75) is 6.42 Å². The zero-order valence-corrected chi connectivity index (χ0v) is 14.7. The van der Waals surface area contributed by atoms with Gasteiger partial charge in [0.05, 0.1) is 0 Å². The highest BCUT2D eigenvalue weighted by molar-refractivity contribution is 7.14. The Morgan fingerprint density at radius 2 is 2.00 bits per heavy atom. The predicted molar refractivity (Wildman–Crippen MR) is 99.3 cm³/mol. The molecule has 2 aromatic carbocycles. The van der Waals surface area contributed by atoms with Crippen LogP contribution in [0.25, 0.3) is 0 Å². The third-order valence-corrected chi connectivity index (χ3v) is 4.42. The van der Waals surface area contributed by atoms with E-state index in [4.69, 9.17) is 11.6 Å². The molecule has 2 N–H and O–H groups in total. The molecule has 128 valence electrons. The second-order valence-electron chi connectivity index (χ2n) is 5.31. The zero-order valence-electron chi connectivity index (χ0n) is 13.1. The highest BCUT2D eigenvalue weighted by Gasteiger charge is 2.10. The van der Waals surface area contributed by atoms with Crippen LogP contribution in [0, 0.1) is 5.82 Å². The number of aromatic nitrogens is 1. The molecule has 0 aliphatic carbocycles. The fourth-order valence-electron chi connectivity index (χ4n) is 2.19. The van der Waals surface area contributed by atoms with Gasteiger partial charge in [0.1, 0.15) is 11.5 Å². The number of carbonyl (C=O) groups is 1. The Balaban J connectivity index is 1.52. The van der Waals surface area contributed by atoms with E-state index in [1.165, 1.54) is 23.5 Å². The van der Waals surface area contributed by atoms with Gasteiger partial charge in [0.15, 0.2) is 5.13 Å². The van der Waals surface area contributed by atoms with Crippen LogP contribution in [-0.2, 0) is 6.42 Å². The van der Waals surface area contributed by atoms with E-state index in [0.29, 0.717) is 28.8 Å². The molecule has 0 aliphatic heterocycles. The van der Waals surface area contributed by atoms with Gasteiger partial charge in [0.2, 0.25) is 0 Å². The fraction of sp³-hybridized carbons (Fsp3) is 0.111. The van der Waals surface area contributed by atoms with Crippen molar-refractivity contribution >= 4 is 39.7 Å². The second kappa shape index (κ2) is 8.09. The first kappa shape index (κ1) is 17.4. The van der Waals surface area contributed by atoms with E-state index in [0.717, 1.165) is 11.3 Å². The Morgan fingerprint density at radius 1 is 1.20 bits per heavy atom. The highest BCUT2D eigenvalue weighted by atomic mass is 35.5. The van der Waals surface area contributed by atoms with Gasteiger partial charge in [-0.1, -0.05) is 29.8 Å². The summed E-state index contributed by atoms with van der Waals surface area (Å²) in [6.45, 7) is 0.457. The van der Waals surface area contributed by atoms with Crippen molar-refractivity contribution in [3.05, 3.63) is 76.0 Å². The van der Waals surface area contributed by atoms with Gasteiger partial charge in [0, 0.05) is 22.6 Å². The van der Waals surface area contributed by atoms with E-state index in [9.17, 15) is 9.18 Å². The Kier molecular flexibility index (Phi) is 5.63. The van der Waals surface area contributed by atoms with Gasteiger partial charge in [-0.25, -0.2) is 9.37 Å². The van der Waals surface area contributed by atoms with Gasteiger partial charge in [-0.2, -0.15) is 0 Å². The van der Waals surface area contributed by atoms with Crippen LogP contribution < -0.4 is 10.6 Å². The SMILES string of the molecule is O=C(NCCc1ccc(F)cc1)c1csc(Nc2cccc(Cl)c2)n1. The first-order chi connectivity index (χ1) is 12.1. The molecule has 0 unspecified atom stereocenters. The minimum absolute atomic E-state index is 0.238. The summed E-state index contributed by atoms with van der Waals surface area (Å²) < 4.78 is 12.8. The van der Waals surface area contributed by atoms with Gasteiger partial charge < -0.3 is 10.6 Å². The molecule has 25 heavy (non-hydrogen) atoms. The molecule has 0 atom stereocenters. The summed E-state index contributed by atoms with van der Waals surface area (Å²) >= 11 is 7.28. The number of carbonyl (C=O) groups excluding carboxylic acids is 1. The average molecular weight is 376 g/mol. The van der Waals surface area contributed by atoms with Crippen LogP contribution in [-0.4, -0.2) is 17.4 Å². The molecule has 0 bridgehead atoms. The number of hydrogen-bond donors (Lipinski definition) is 2. The Labute approximate surface area is 153 Å². The molecule has 0 spiro atoms. The smallest absolute Gasteiger partial charge is 0.270 e. The maximum atomic E-state index is 12.8. The van der Waals surface area contributed by atoms with E-state index in [1.54, 1.807) is 29.6 Å². The van der Waals surface area contributed by atoms with Gasteiger partial charge in [-0.15, -0.1) is 11.3 Å². The Hall–Kier alpha value is -2.44. The van der Waals surface area contributed by atoms with Crippen LogP contribution in [0.2, 0.25) is 5.02 Å². The molecule has 1 aromatic heterocycles. The lowest BCUT2D eigenvalue weighted by Gasteiger charge is -2.04. The molecule has 7 heteroatoms. The number of anilines is 2. The van der Waals surface area contributed by atoms with Crippen molar-refractivity contribution in [3.8, 4) is 0 Å². The summed E-state index contributed by atoms with van der Waals surface area (Å²) in [5.41, 5.74) is 2.13. The summed E-state index contributed by atoms with van der Waals surface area (Å²) in [4.78, 5) is 16.4. The lowest BCUT2D eigenvalue weighted by Crippen LogP contribution is -2.25. The number of halogens is 2. The van der Waals surface area contributed by atoms with Gasteiger partial charge in [-0.3, -0.25) is 4.79 Å². The lowest BCUT2D eigenvalue weighted by atomic mass is 10.1. The maximum absolute atomic E-state index is 12.8. The third-order valence-electron chi connectivity index (χ3n) is 3.43. The molecule has 0 saturated heterocycles. The van der Waals surface area contributed by atoms with E-state index in [-0.39, 0.29) is 11.7 Å². The fourth-order valence-corrected chi connectivity index (χ4v) is 3.09. The molecule has 1 heterocycles. The number of amides is 1. The van der Waals surface area contributed by atoms with Crippen molar-refractivity contribution in [2.24, 2.45) is 0 Å². The topological polar surface area (TPSA) is 54.0 Å². The van der Waals surface area contributed by atoms with Gasteiger partial charge in [0.25, 0.3) is 5.91 Å². The summed E-state index contributed by atoms with van der Waals surface area (Å²) in [5, 5.41) is 8.86. The third kappa shape index (κ3) is 5.01. The summed E-state index contributed by atoms with van der Waals surface area (Å²) in [6.07, 6.45) is 0.629. The molecule has 0 fully saturated rings.